The molecule has 0 fully saturated rings. The molecule has 0 aliphatic carbocycles. The fourth-order valence-corrected chi connectivity index (χ4v) is 4.02. The summed E-state index contributed by atoms with van der Waals surface area (Å²) in [6, 6.07) is 15.0. The maximum absolute atomic E-state index is 6.26. The van der Waals surface area contributed by atoms with Gasteiger partial charge in [0.25, 0.3) is 0 Å². The maximum atomic E-state index is 6.26. The van der Waals surface area contributed by atoms with Crippen molar-refractivity contribution in [3.8, 4) is 23.0 Å². The fourth-order valence-electron chi connectivity index (χ4n) is 3.09. The molecular weight excluding hydrogens is 505 g/mol. The largest absolute Gasteiger partial charge is 0.490 e. The van der Waals surface area contributed by atoms with Gasteiger partial charge < -0.3 is 24.3 Å². The average molecular weight is 525 g/mol. The lowest BCUT2D eigenvalue weighted by molar-refractivity contribution is 0.174. The quantitative estimate of drug-likeness (QED) is 0.341. The van der Waals surface area contributed by atoms with Gasteiger partial charge in [-0.2, -0.15) is 0 Å². The molecule has 3 aromatic carbocycles. The third-order valence-corrected chi connectivity index (χ3v) is 5.99. The fraction of sp³-hybridized carbons (Fsp3) is 0.217. The third-order valence-electron chi connectivity index (χ3n) is 4.67. The summed E-state index contributed by atoms with van der Waals surface area (Å²) in [5, 5.41) is 4.55. The van der Waals surface area contributed by atoms with E-state index in [0.29, 0.717) is 41.3 Å². The van der Waals surface area contributed by atoms with Crippen molar-refractivity contribution in [3.63, 3.8) is 0 Å². The first-order chi connectivity index (χ1) is 15.0. The van der Waals surface area contributed by atoms with E-state index in [1.54, 1.807) is 12.1 Å². The summed E-state index contributed by atoms with van der Waals surface area (Å²) < 4.78 is 23.5. The number of ether oxygens (including phenoxy) is 4. The minimum atomic E-state index is 0.255. The zero-order valence-corrected chi connectivity index (χ0v) is 19.8. The summed E-state index contributed by atoms with van der Waals surface area (Å²) in [6.07, 6.45) is 0. The van der Waals surface area contributed by atoms with Crippen LogP contribution in [0.2, 0.25) is 10.0 Å². The van der Waals surface area contributed by atoms with Crippen LogP contribution in [0.1, 0.15) is 18.1 Å². The first kappa shape index (κ1) is 21.9. The lowest BCUT2D eigenvalue weighted by atomic mass is 10.2. The molecule has 0 saturated heterocycles. The van der Waals surface area contributed by atoms with Crippen LogP contribution in [-0.2, 0) is 13.2 Å². The molecule has 1 aliphatic heterocycles. The summed E-state index contributed by atoms with van der Waals surface area (Å²) in [7, 11) is 0. The average Bonchev–Trinajstić information content (AvgIpc) is 3.21. The zero-order chi connectivity index (χ0) is 21.8. The van der Waals surface area contributed by atoms with E-state index in [1.807, 2.05) is 43.3 Å². The second-order valence-electron chi connectivity index (χ2n) is 6.77. The van der Waals surface area contributed by atoms with E-state index in [2.05, 4.69) is 21.2 Å². The molecule has 0 spiro atoms. The molecule has 1 aliphatic rings. The summed E-state index contributed by atoms with van der Waals surface area (Å²) >= 11 is 15.9. The Balaban J connectivity index is 1.48. The van der Waals surface area contributed by atoms with E-state index in [4.69, 9.17) is 42.1 Å². The number of hydrogen-bond acceptors (Lipinski definition) is 5. The van der Waals surface area contributed by atoms with Gasteiger partial charge in [-0.25, -0.2) is 0 Å². The Kier molecular flexibility index (Phi) is 7.00. The highest BCUT2D eigenvalue weighted by molar-refractivity contribution is 9.10. The Labute approximate surface area is 199 Å². The van der Waals surface area contributed by atoms with Gasteiger partial charge in [-0.1, -0.05) is 45.2 Å². The highest BCUT2D eigenvalue weighted by atomic mass is 79.9. The Hall–Kier alpha value is -2.28. The van der Waals surface area contributed by atoms with Gasteiger partial charge in [0, 0.05) is 38.4 Å². The molecule has 0 radical (unpaired) electrons. The first-order valence-corrected chi connectivity index (χ1v) is 11.2. The monoisotopic (exact) mass is 523 g/mol. The van der Waals surface area contributed by atoms with Gasteiger partial charge in [0.15, 0.2) is 23.0 Å². The minimum Gasteiger partial charge on any atom is -0.490 e. The first-order valence-electron chi connectivity index (χ1n) is 9.69. The van der Waals surface area contributed by atoms with Crippen molar-refractivity contribution in [2.45, 2.75) is 20.1 Å². The van der Waals surface area contributed by atoms with Crippen molar-refractivity contribution >= 4 is 44.8 Å². The Morgan fingerprint density at radius 1 is 0.935 bits per heavy atom. The van der Waals surface area contributed by atoms with Crippen LogP contribution in [0, 0.1) is 0 Å². The van der Waals surface area contributed by atoms with Crippen LogP contribution in [0.25, 0.3) is 0 Å². The highest BCUT2D eigenvalue weighted by Crippen LogP contribution is 2.37. The Bertz CT molecular complexity index is 1090. The second kappa shape index (κ2) is 9.90. The minimum absolute atomic E-state index is 0.255. The highest BCUT2D eigenvalue weighted by Gasteiger charge is 2.15. The number of fused-ring (bicyclic) bond motifs is 1. The molecule has 0 atom stereocenters. The summed E-state index contributed by atoms with van der Waals surface area (Å²) in [6.45, 7) is 3.60. The normalized spacial score (nSPS) is 12.0. The van der Waals surface area contributed by atoms with E-state index >= 15 is 0 Å². The van der Waals surface area contributed by atoms with Crippen LogP contribution in [0.3, 0.4) is 0 Å². The van der Waals surface area contributed by atoms with E-state index < -0.39 is 0 Å². The number of hydrogen-bond donors (Lipinski definition) is 1. The molecule has 0 amide bonds. The Morgan fingerprint density at radius 3 is 2.55 bits per heavy atom. The predicted octanol–water partition coefficient (Wildman–Crippen LogP) is 7.07. The van der Waals surface area contributed by atoms with Crippen LogP contribution in [0.4, 0.5) is 5.69 Å². The summed E-state index contributed by atoms with van der Waals surface area (Å²) in [5.41, 5.74) is 2.81. The van der Waals surface area contributed by atoms with Crippen molar-refractivity contribution in [2.24, 2.45) is 0 Å². The molecule has 0 bridgehead atoms. The van der Waals surface area contributed by atoms with Gasteiger partial charge in [0.1, 0.15) is 6.61 Å². The van der Waals surface area contributed by atoms with E-state index in [1.165, 1.54) is 0 Å². The predicted molar refractivity (Wildman–Crippen MR) is 126 cm³/mol. The third kappa shape index (κ3) is 5.32. The summed E-state index contributed by atoms with van der Waals surface area (Å²) in [4.78, 5) is 0. The molecule has 3 aromatic rings. The molecule has 1 N–H and O–H groups in total. The molecule has 4 rings (SSSR count). The molecule has 0 unspecified atom stereocenters. The molecule has 5 nitrogen and oxygen atoms in total. The van der Waals surface area contributed by atoms with Gasteiger partial charge in [0.2, 0.25) is 6.79 Å². The summed E-state index contributed by atoms with van der Waals surface area (Å²) in [5.74, 6) is 2.79. The van der Waals surface area contributed by atoms with E-state index in [9.17, 15) is 0 Å². The number of halogens is 3. The lowest BCUT2D eigenvalue weighted by Crippen LogP contribution is -2.04. The molecule has 162 valence electrons. The van der Waals surface area contributed by atoms with Gasteiger partial charge in [-0.05, 0) is 48.9 Å². The number of anilines is 1. The van der Waals surface area contributed by atoms with Crippen LogP contribution >= 0.6 is 39.1 Å². The van der Waals surface area contributed by atoms with Gasteiger partial charge >= 0.3 is 0 Å². The van der Waals surface area contributed by atoms with Crippen LogP contribution < -0.4 is 24.3 Å². The van der Waals surface area contributed by atoms with Gasteiger partial charge in [0.05, 0.1) is 6.61 Å². The smallest absolute Gasteiger partial charge is 0.231 e. The van der Waals surface area contributed by atoms with Crippen molar-refractivity contribution in [3.05, 3.63) is 74.2 Å². The molecule has 8 heteroatoms. The number of rotatable bonds is 8. The number of benzene rings is 3. The SMILES string of the molecule is CCOc1cc(CNc2ccc3c(c2)OCO3)c(Br)cc1OCc1ccc(Cl)cc1Cl. The molecule has 1 heterocycles. The lowest BCUT2D eigenvalue weighted by Gasteiger charge is -2.16. The molecular formula is C23H20BrCl2NO4. The standard InChI is InChI=1S/C23H20BrCl2NO4/c1-2-28-21-7-15(11-27-17-5-6-20-22(9-17)31-13-30-20)18(24)10-23(21)29-12-14-3-4-16(25)8-19(14)26/h3-10,27H,2,11-13H2,1H3. The zero-order valence-electron chi connectivity index (χ0n) is 16.7. The van der Waals surface area contributed by atoms with Crippen molar-refractivity contribution in [1.29, 1.82) is 0 Å². The van der Waals surface area contributed by atoms with Crippen molar-refractivity contribution in [2.75, 3.05) is 18.7 Å². The topological polar surface area (TPSA) is 49.0 Å². The second-order valence-corrected chi connectivity index (χ2v) is 8.47. The van der Waals surface area contributed by atoms with E-state index in [0.717, 1.165) is 32.8 Å². The van der Waals surface area contributed by atoms with Crippen LogP contribution in [0.15, 0.2) is 53.0 Å². The van der Waals surface area contributed by atoms with Gasteiger partial charge in [-0.15, -0.1) is 0 Å². The van der Waals surface area contributed by atoms with Crippen molar-refractivity contribution < 1.29 is 18.9 Å². The number of nitrogens with one attached hydrogen (secondary N) is 1. The molecule has 31 heavy (non-hydrogen) atoms. The van der Waals surface area contributed by atoms with Crippen LogP contribution in [0.5, 0.6) is 23.0 Å². The molecule has 0 saturated carbocycles. The van der Waals surface area contributed by atoms with Crippen LogP contribution in [-0.4, -0.2) is 13.4 Å². The Morgan fingerprint density at radius 2 is 1.74 bits per heavy atom. The maximum Gasteiger partial charge on any atom is 0.231 e. The van der Waals surface area contributed by atoms with Gasteiger partial charge in [-0.3, -0.25) is 0 Å². The van der Waals surface area contributed by atoms with E-state index in [-0.39, 0.29) is 6.79 Å². The molecule has 0 aromatic heterocycles. The van der Waals surface area contributed by atoms with Crippen molar-refractivity contribution in [1.82, 2.24) is 0 Å².